The van der Waals surface area contributed by atoms with E-state index in [1.165, 1.54) is 12.3 Å². The molecule has 3 rings (SSSR count). The number of nitrogens with two attached hydrogens (primary N) is 1. The summed E-state index contributed by atoms with van der Waals surface area (Å²) in [6.07, 6.45) is 4.59. The molecule has 0 radical (unpaired) electrons. The van der Waals surface area contributed by atoms with Gasteiger partial charge in [-0.25, -0.2) is 9.37 Å². The van der Waals surface area contributed by atoms with Crippen molar-refractivity contribution in [1.29, 1.82) is 0 Å². The van der Waals surface area contributed by atoms with Gasteiger partial charge >= 0.3 is 0 Å². The second-order valence-electron chi connectivity index (χ2n) is 6.27. The maximum absolute atomic E-state index is 14.2. The zero-order valence-corrected chi connectivity index (χ0v) is 14.8. The molecule has 0 unspecified atom stereocenters. The molecule has 0 atom stereocenters. The molecular weight excluding hydrogens is 331 g/mol. The van der Waals surface area contributed by atoms with Crippen LogP contribution in [0.4, 0.5) is 15.9 Å². The number of ether oxygens (including phenoxy) is 1. The van der Waals surface area contributed by atoms with Gasteiger partial charge in [0.2, 0.25) is 0 Å². The Bertz CT molecular complexity index is 822. The van der Waals surface area contributed by atoms with E-state index in [1.807, 2.05) is 0 Å². The average Bonchev–Trinajstić information content (AvgIpc) is 2.66. The Kier molecular flexibility index (Phi) is 5.92. The molecular formula is C20H23FN4O. The highest BCUT2D eigenvalue weighted by Crippen LogP contribution is 2.30. The van der Waals surface area contributed by atoms with E-state index in [1.54, 1.807) is 25.2 Å². The maximum Gasteiger partial charge on any atom is 0.167 e. The van der Waals surface area contributed by atoms with Crippen LogP contribution in [0.3, 0.4) is 0 Å². The van der Waals surface area contributed by atoms with Crippen molar-refractivity contribution in [2.45, 2.75) is 19.3 Å². The number of rotatable bonds is 4. The lowest BCUT2D eigenvalue weighted by atomic mass is 9.95. The molecule has 0 bridgehead atoms. The summed E-state index contributed by atoms with van der Waals surface area (Å²) in [7, 11) is 1.73. The van der Waals surface area contributed by atoms with E-state index in [4.69, 9.17) is 10.5 Å². The molecule has 5 nitrogen and oxygen atoms in total. The Labute approximate surface area is 153 Å². The zero-order chi connectivity index (χ0) is 18.4. The third-order valence-corrected chi connectivity index (χ3v) is 4.45. The highest BCUT2D eigenvalue weighted by molar-refractivity contribution is 5.59. The second kappa shape index (κ2) is 8.54. The lowest BCUT2D eigenvalue weighted by Gasteiger charge is -2.20. The van der Waals surface area contributed by atoms with E-state index >= 15 is 0 Å². The number of piperidine rings is 1. The zero-order valence-electron chi connectivity index (χ0n) is 14.8. The van der Waals surface area contributed by atoms with Crippen LogP contribution in [0.25, 0.3) is 0 Å². The lowest BCUT2D eigenvalue weighted by Crippen LogP contribution is -2.27. The predicted octanol–water partition coefficient (Wildman–Crippen LogP) is 3.38. The topological polar surface area (TPSA) is 72.2 Å². The Morgan fingerprint density at radius 3 is 2.85 bits per heavy atom. The summed E-state index contributed by atoms with van der Waals surface area (Å²) >= 11 is 0. The number of anilines is 2. The van der Waals surface area contributed by atoms with E-state index in [2.05, 4.69) is 27.5 Å². The van der Waals surface area contributed by atoms with Gasteiger partial charge in [0.05, 0.1) is 0 Å². The maximum atomic E-state index is 14.2. The smallest absolute Gasteiger partial charge is 0.167 e. The molecule has 0 spiro atoms. The van der Waals surface area contributed by atoms with Crippen molar-refractivity contribution in [3.05, 3.63) is 41.8 Å². The molecule has 1 saturated heterocycles. The third-order valence-electron chi connectivity index (χ3n) is 4.45. The molecule has 1 aromatic carbocycles. The summed E-state index contributed by atoms with van der Waals surface area (Å²) in [5, 5.41) is 6.23. The first-order chi connectivity index (χ1) is 12.7. The van der Waals surface area contributed by atoms with Gasteiger partial charge in [-0.1, -0.05) is 11.8 Å². The molecule has 0 aliphatic carbocycles. The molecule has 1 fully saturated rings. The number of nitrogens with zero attached hydrogens (tertiary/aromatic N) is 1. The average molecular weight is 354 g/mol. The minimum Gasteiger partial charge on any atom is -0.453 e. The van der Waals surface area contributed by atoms with Crippen molar-refractivity contribution < 1.29 is 9.13 Å². The number of pyridine rings is 1. The van der Waals surface area contributed by atoms with Gasteiger partial charge < -0.3 is 21.1 Å². The normalized spacial score (nSPS) is 14.4. The fourth-order valence-corrected chi connectivity index (χ4v) is 2.90. The van der Waals surface area contributed by atoms with Crippen molar-refractivity contribution in [2.75, 3.05) is 31.2 Å². The monoisotopic (exact) mass is 354 g/mol. The quantitative estimate of drug-likeness (QED) is 0.734. The van der Waals surface area contributed by atoms with E-state index in [0.29, 0.717) is 22.9 Å². The Morgan fingerprint density at radius 1 is 1.31 bits per heavy atom. The highest BCUT2D eigenvalue weighted by atomic mass is 19.1. The first-order valence-corrected chi connectivity index (χ1v) is 8.76. The number of hydrogen-bond acceptors (Lipinski definition) is 5. The Balaban J connectivity index is 1.79. The van der Waals surface area contributed by atoms with Crippen LogP contribution < -0.4 is 21.1 Å². The van der Waals surface area contributed by atoms with Gasteiger partial charge in [-0.05, 0) is 44.0 Å². The van der Waals surface area contributed by atoms with Crippen LogP contribution in [0.15, 0.2) is 30.5 Å². The van der Waals surface area contributed by atoms with Gasteiger partial charge in [0.1, 0.15) is 17.1 Å². The molecule has 1 aliphatic heterocycles. The predicted molar refractivity (Wildman–Crippen MR) is 102 cm³/mol. The molecule has 4 N–H and O–H groups in total. The first kappa shape index (κ1) is 18.0. The molecule has 26 heavy (non-hydrogen) atoms. The van der Waals surface area contributed by atoms with Crippen molar-refractivity contribution in [2.24, 2.45) is 5.92 Å². The van der Waals surface area contributed by atoms with Crippen molar-refractivity contribution in [3.8, 4) is 23.3 Å². The Morgan fingerprint density at radius 2 is 2.12 bits per heavy atom. The van der Waals surface area contributed by atoms with E-state index in [0.717, 1.165) is 32.4 Å². The van der Waals surface area contributed by atoms with Crippen LogP contribution in [-0.2, 0) is 0 Å². The number of hydrogen-bond donors (Lipinski definition) is 3. The Hall–Kier alpha value is -2.78. The summed E-state index contributed by atoms with van der Waals surface area (Å²) in [4.78, 5) is 4.08. The van der Waals surface area contributed by atoms with Gasteiger partial charge in [-0.15, -0.1) is 0 Å². The van der Waals surface area contributed by atoms with Gasteiger partial charge in [0.15, 0.2) is 11.6 Å². The molecule has 1 aromatic heterocycles. The van der Waals surface area contributed by atoms with Crippen LogP contribution in [0.2, 0.25) is 0 Å². The summed E-state index contributed by atoms with van der Waals surface area (Å²) in [5.74, 6) is 7.22. The number of nitrogen functional groups attached to an aromatic ring is 1. The van der Waals surface area contributed by atoms with Gasteiger partial charge in [-0.3, -0.25) is 0 Å². The molecule has 6 heteroatoms. The molecule has 1 aliphatic rings. The third kappa shape index (κ3) is 4.44. The van der Waals surface area contributed by atoms with Crippen molar-refractivity contribution in [1.82, 2.24) is 10.3 Å². The molecule has 136 valence electrons. The summed E-state index contributed by atoms with van der Waals surface area (Å²) < 4.78 is 19.9. The number of nitrogens with one attached hydrogen (secondary N) is 2. The lowest BCUT2D eigenvalue weighted by molar-refractivity contribution is 0.381. The molecule has 2 aromatic rings. The van der Waals surface area contributed by atoms with Gasteiger partial charge in [-0.2, -0.15) is 0 Å². The summed E-state index contributed by atoms with van der Waals surface area (Å²) in [6, 6.07) is 6.34. The standard InChI is InChI=1S/C20H23FN4O/c1-23-15-5-6-19(17(21)13-15)26-18-9-12-25-20(22)16(18)4-2-3-14-7-10-24-11-8-14/h5-6,9,12-14,23-24H,3,7-8,10-11H2,1H3,(H2,22,25). The van der Waals surface area contributed by atoms with Crippen LogP contribution in [0.1, 0.15) is 24.8 Å². The first-order valence-electron chi connectivity index (χ1n) is 8.76. The SMILES string of the molecule is CNc1ccc(Oc2ccnc(N)c2C#CCC2CCNCC2)c(F)c1. The van der Waals surface area contributed by atoms with Crippen LogP contribution in [0.5, 0.6) is 11.5 Å². The van der Waals surface area contributed by atoms with E-state index in [9.17, 15) is 4.39 Å². The van der Waals surface area contributed by atoms with Crippen LogP contribution in [-0.4, -0.2) is 25.1 Å². The molecule has 0 saturated carbocycles. The molecule has 2 heterocycles. The number of halogens is 1. The molecule has 0 amide bonds. The number of benzene rings is 1. The fraction of sp³-hybridized carbons (Fsp3) is 0.350. The van der Waals surface area contributed by atoms with Crippen molar-refractivity contribution in [3.63, 3.8) is 0 Å². The van der Waals surface area contributed by atoms with E-state index < -0.39 is 5.82 Å². The van der Waals surface area contributed by atoms with E-state index in [-0.39, 0.29) is 11.6 Å². The minimum atomic E-state index is -0.458. The second-order valence-corrected chi connectivity index (χ2v) is 6.27. The summed E-state index contributed by atoms with van der Waals surface area (Å²) in [6.45, 7) is 2.08. The highest BCUT2D eigenvalue weighted by Gasteiger charge is 2.13. The van der Waals surface area contributed by atoms with Gasteiger partial charge in [0.25, 0.3) is 0 Å². The van der Waals surface area contributed by atoms with Crippen LogP contribution in [0, 0.1) is 23.6 Å². The minimum absolute atomic E-state index is 0.121. The largest absolute Gasteiger partial charge is 0.453 e. The van der Waals surface area contributed by atoms with Gasteiger partial charge in [0, 0.05) is 37.5 Å². The number of aromatic nitrogens is 1. The van der Waals surface area contributed by atoms with Crippen LogP contribution >= 0.6 is 0 Å². The van der Waals surface area contributed by atoms with Crippen molar-refractivity contribution >= 4 is 11.5 Å². The fourth-order valence-electron chi connectivity index (χ4n) is 2.90. The summed E-state index contributed by atoms with van der Waals surface area (Å²) in [5.41, 5.74) is 7.14.